The van der Waals surface area contributed by atoms with Gasteiger partial charge >= 0.3 is 12.5 Å². The van der Waals surface area contributed by atoms with Crippen molar-refractivity contribution in [2.45, 2.75) is 19.5 Å². The molecular formula is C27H26F3N5O3S. The largest absolute Gasteiger partial charge is 0.573 e. The summed E-state index contributed by atoms with van der Waals surface area (Å²) in [6.07, 6.45) is -2.28. The lowest BCUT2D eigenvalue weighted by molar-refractivity contribution is -0.274. The number of likely N-dealkylation sites (tertiary alicyclic amines) is 1. The summed E-state index contributed by atoms with van der Waals surface area (Å²) in [5.74, 6) is 1.03. The van der Waals surface area contributed by atoms with E-state index in [-0.39, 0.29) is 18.2 Å². The number of piperidine rings is 1. The van der Waals surface area contributed by atoms with Gasteiger partial charge in [-0.15, -0.1) is 24.5 Å². The van der Waals surface area contributed by atoms with E-state index >= 15 is 0 Å². The maximum atomic E-state index is 13.1. The summed E-state index contributed by atoms with van der Waals surface area (Å²) in [6, 6.07) is 13.8. The van der Waals surface area contributed by atoms with Gasteiger partial charge in [0.2, 0.25) is 5.88 Å². The number of hydrogen-bond donors (Lipinski definition) is 0. The number of para-hydroxylation sites is 1. The molecule has 2 aromatic heterocycles. The molecule has 0 spiro atoms. The Bertz CT molecular complexity index is 1440. The third-order valence-electron chi connectivity index (χ3n) is 7.21. The number of alkyl halides is 3. The van der Waals surface area contributed by atoms with Crippen molar-refractivity contribution < 1.29 is 27.4 Å². The standard InChI is InChI=1S/C27H26F3N5O3S/c1-33-14-24(31-16-33)37-26(36)35(10-17-5-4-6-18(9-17)38-27(28,29)30)13-21-19-11-34(12-20(19)21)15-25-32-22-7-2-3-8-23(22)39-25/h2-9,14,16,19-21H,10-13,15H2,1H3. The number of nitrogens with zero attached hydrogens (tertiary/aromatic N) is 5. The van der Waals surface area contributed by atoms with E-state index in [0.717, 1.165) is 30.2 Å². The highest BCUT2D eigenvalue weighted by atomic mass is 32.1. The molecule has 0 radical (unpaired) electrons. The quantitative estimate of drug-likeness (QED) is 0.293. The molecule has 0 N–H and O–H groups in total. The van der Waals surface area contributed by atoms with Crippen LogP contribution in [-0.4, -0.2) is 56.4 Å². The number of rotatable bonds is 8. The van der Waals surface area contributed by atoms with Crippen molar-refractivity contribution in [2.24, 2.45) is 24.8 Å². The van der Waals surface area contributed by atoms with Gasteiger partial charge in [-0.25, -0.2) is 14.8 Å². The van der Waals surface area contributed by atoms with Crippen LogP contribution in [0, 0.1) is 17.8 Å². The minimum Gasteiger partial charge on any atom is -0.406 e. The van der Waals surface area contributed by atoms with Gasteiger partial charge in [0.15, 0.2) is 0 Å². The van der Waals surface area contributed by atoms with E-state index in [9.17, 15) is 18.0 Å². The summed E-state index contributed by atoms with van der Waals surface area (Å²) >= 11 is 1.71. The number of thiazole rings is 1. The molecule has 2 unspecified atom stereocenters. The summed E-state index contributed by atoms with van der Waals surface area (Å²) in [4.78, 5) is 25.9. The number of ether oxygens (including phenoxy) is 2. The van der Waals surface area contributed by atoms with E-state index in [2.05, 4.69) is 20.7 Å². The van der Waals surface area contributed by atoms with Gasteiger partial charge < -0.3 is 18.9 Å². The van der Waals surface area contributed by atoms with Crippen LogP contribution in [-0.2, 0) is 20.1 Å². The molecule has 0 bridgehead atoms. The van der Waals surface area contributed by atoms with Crippen molar-refractivity contribution in [1.82, 2.24) is 24.3 Å². The van der Waals surface area contributed by atoms with E-state index in [1.165, 1.54) is 29.2 Å². The predicted octanol–water partition coefficient (Wildman–Crippen LogP) is 5.31. The van der Waals surface area contributed by atoms with Gasteiger partial charge in [-0.05, 0) is 47.6 Å². The van der Waals surface area contributed by atoms with Gasteiger partial charge in [-0.2, -0.15) is 0 Å². The Morgan fingerprint density at radius 1 is 1.15 bits per heavy atom. The van der Waals surface area contributed by atoms with Crippen LogP contribution in [0.25, 0.3) is 10.2 Å². The maximum Gasteiger partial charge on any atom is 0.573 e. The molecule has 1 saturated heterocycles. The highest BCUT2D eigenvalue weighted by molar-refractivity contribution is 7.18. The normalized spacial score (nSPS) is 20.7. The van der Waals surface area contributed by atoms with Crippen LogP contribution in [0.4, 0.5) is 18.0 Å². The first-order valence-electron chi connectivity index (χ1n) is 12.6. The molecule has 6 rings (SSSR count). The lowest BCUT2D eigenvalue weighted by Crippen LogP contribution is -2.36. The predicted molar refractivity (Wildman–Crippen MR) is 138 cm³/mol. The molecule has 1 saturated carbocycles. The van der Waals surface area contributed by atoms with Crippen LogP contribution in [0.15, 0.2) is 61.1 Å². The lowest BCUT2D eigenvalue weighted by atomic mass is 10.2. The second kappa shape index (κ2) is 10.2. The van der Waals surface area contributed by atoms with E-state index in [1.807, 2.05) is 18.2 Å². The topological polar surface area (TPSA) is 72.7 Å². The van der Waals surface area contributed by atoms with E-state index in [4.69, 9.17) is 9.72 Å². The van der Waals surface area contributed by atoms with Gasteiger partial charge in [0, 0.05) is 33.2 Å². The van der Waals surface area contributed by atoms with Gasteiger partial charge in [0.1, 0.15) is 10.8 Å². The number of fused-ring (bicyclic) bond motifs is 2. The number of carbonyl (C=O) groups is 1. The number of carbonyl (C=O) groups excluding carboxylic acids is 1. The molecule has 1 aliphatic carbocycles. The smallest absolute Gasteiger partial charge is 0.406 e. The average Bonchev–Trinajstić information content (AvgIpc) is 3.28. The first kappa shape index (κ1) is 25.6. The van der Waals surface area contributed by atoms with E-state index in [0.29, 0.717) is 29.9 Å². The Labute approximate surface area is 226 Å². The summed E-state index contributed by atoms with van der Waals surface area (Å²) in [5.41, 5.74) is 1.53. The Kier molecular flexibility index (Phi) is 6.67. The Balaban J connectivity index is 1.11. The highest BCUT2D eigenvalue weighted by Crippen LogP contribution is 2.52. The van der Waals surface area contributed by atoms with Crippen LogP contribution in [0.3, 0.4) is 0 Å². The van der Waals surface area contributed by atoms with E-state index in [1.54, 1.807) is 40.1 Å². The Morgan fingerprint density at radius 2 is 1.95 bits per heavy atom. The molecule has 2 atom stereocenters. The van der Waals surface area contributed by atoms with Gasteiger partial charge in [0.05, 0.1) is 29.3 Å². The number of benzene rings is 2. The lowest BCUT2D eigenvalue weighted by Gasteiger charge is -2.24. The SMILES string of the molecule is Cn1cnc(OC(=O)N(Cc2cccc(OC(F)(F)F)c2)CC2C3CN(Cc4nc5ccccc5s4)CC32)c1. The zero-order valence-corrected chi connectivity index (χ0v) is 21.9. The number of amides is 1. The molecule has 39 heavy (non-hydrogen) atoms. The van der Waals surface area contributed by atoms with Crippen molar-refractivity contribution in [3.05, 3.63) is 71.6 Å². The molecule has 1 amide bonds. The maximum absolute atomic E-state index is 13.1. The third kappa shape index (κ3) is 6.01. The fraction of sp³-hybridized carbons (Fsp3) is 0.370. The van der Waals surface area contributed by atoms with Crippen LogP contribution in [0.2, 0.25) is 0 Å². The third-order valence-corrected chi connectivity index (χ3v) is 8.23. The number of halogens is 3. The first-order chi connectivity index (χ1) is 18.7. The molecule has 204 valence electrons. The van der Waals surface area contributed by atoms with Crippen LogP contribution >= 0.6 is 11.3 Å². The van der Waals surface area contributed by atoms with E-state index < -0.39 is 12.5 Å². The van der Waals surface area contributed by atoms with Crippen molar-refractivity contribution in [3.8, 4) is 11.6 Å². The number of aromatic nitrogens is 3. The van der Waals surface area contributed by atoms with Crippen LogP contribution < -0.4 is 9.47 Å². The molecule has 12 heteroatoms. The van der Waals surface area contributed by atoms with Crippen molar-refractivity contribution in [2.75, 3.05) is 19.6 Å². The molecule has 1 aliphatic heterocycles. The summed E-state index contributed by atoms with van der Waals surface area (Å²) < 4.78 is 50.6. The van der Waals surface area contributed by atoms with Gasteiger partial charge in [-0.3, -0.25) is 4.90 Å². The summed E-state index contributed by atoms with van der Waals surface area (Å²) in [5, 5.41) is 1.09. The van der Waals surface area contributed by atoms with Crippen molar-refractivity contribution >= 4 is 27.6 Å². The molecule has 8 nitrogen and oxygen atoms in total. The second-order valence-electron chi connectivity index (χ2n) is 10.1. The molecule has 2 aliphatic rings. The molecule has 2 fully saturated rings. The van der Waals surface area contributed by atoms with Crippen molar-refractivity contribution in [3.63, 3.8) is 0 Å². The number of imidazole rings is 1. The number of aryl methyl sites for hydroxylation is 1. The van der Waals surface area contributed by atoms with Gasteiger partial charge in [0.25, 0.3) is 0 Å². The fourth-order valence-electron chi connectivity index (χ4n) is 5.43. The van der Waals surface area contributed by atoms with Crippen LogP contribution in [0.5, 0.6) is 11.6 Å². The summed E-state index contributed by atoms with van der Waals surface area (Å²) in [6.45, 7) is 3.18. The highest BCUT2D eigenvalue weighted by Gasteiger charge is 2.56. The average molecular weight is 558 g/mol. The van der Waals surface area contributed by atoms with Crippen LogP contribution in [0.1, 0.15) is 10.6 Å². The monoisotopic (exact) mass is 557 g/mol. The molecular weight excluding hydrogens is 531 g/mol. The zero-order valence-electron chi connectivity index (χ0n) is 21.0. The fourth-order valence-corrected chi connectivity index (χ4v) is 6.44. The Morgan fingerprint density at radius 3 is 2.67 bits per heavy atom. The molecule has 2 aromatic carbocycles. The van der Waals surface area contributed by atoms with Crippen molar-refractivity contribution in [1.29, 1.82) is 0 Å². The minimum atomic E-state index is -4.79. The molecule has 3 heterocycles. The molecule has 4 aromatic rings. The summed E-state index contributed by atoms with van der Waals surface area (Å²) in [7, 11) is 1.76. The second-order valence-corrected chi connectivity index (χ2v) is 11.2. The minimum absolute atomic E-state index is 0.0894. The first-order valence-corrected chi connectivity index (χ1v) is 13.4. The van der Waals surface area contributed by atoms with Gasteiger partial charge in [-0.1, -0.05) is 24.3 Å². The number of hydrogen-bond acceptors (Lipinski definition) is 7. The Hall–Kier alpha value is -3.64. The zero-order chi connectivity index (χ0) is 27.1.